The number of aliphatic hydroxyl groups is 1. The summed E-state index contributed by atoms with van der Waals surface area (Å²) in [6.07, 6.45) is -1.00. The summed E-state index contributed by atoms with van der Waals surface area (Å²) in [5.74, 6) is -0.477. The Hall–Kier alpha value is -1.29. The van der Waals surface area contributed by atoms with E-state index in [0.717, 1.165) is 6.07 Å². The van der Waals surface area contributed by atoms with Crippen LogP contribution < -0.4 is 0 Å². The van der Waals surface area contributed by atoms with Crippen molar-refractivity contribution in [3.8, 4) is 0 Å². The molecule has 1 atom stereocenters. The Morgan fingerprint density at radius 1 is 1.64 bits per heavy atom. The highest BCUT2D eigenvalue weighted by Gasteiger charge is 2.10. The molecule has 0 radical (unpaired) electrons. The van der Waals surface area contributed by atoms with Crippen LogP contribution in [0.2, 0.25) is 5.02 Å². The molecule has 0 aliphatic rings. The summed E-state index contributed by atoms with van der Waals surface area (Å²) in [5.41, 5.74) is 8.38. The van der Waals surface area contributed by atoms with Crippen molar-refractivity contribution in [3.63, 3.8) is 0 Å². The van der Waals surface area contributed by atoms with Gasteiger partial charge < -0.3 is 5.11 Å². The van der Waals surface area contributed by atoms with Gasteiger partial charge in [-0.3, -0.25) is 0 Å². The molecule has 1 rings (SSSR count). The third kappa shape index (κ3) is 2.60. The van der Waals surface area contributed by atoms with E-state index in [0.29, 0.717) is 5.56 Å². The first kappa shape index (κ1) is 10.8. The molecule has 14 heavy (non-hydrogen) atoms. The number of hydrogen-bond acceptors (Lipinski definition) is 2. The van der Waals surface area contributed by atoms with Crippen molar-refractivity contribution in [3.05, 3.63) is 45.0 Å². The van der Waals surface area contributed by atoms with Crippen molar-refractivity contribution in [2.75, 3.05) is 6.54 Å². The van der Waals surface area contributed by atoms with Gasteiger partial charge in [-0.05, 0) is 23.2 Å². The molecule has 0 heterocycles. The zero-order valence-electron chi connectivity index (χ0n) is 7.06. The van der Waals surface area contributed by atoms with E-state index in [2.05, 4.69) is 10.0 Å². The molecule has 74 valence electrons. The Kier molecular flexibility index (Phi) is 3.71. The number of azide groups is 1. The lowest BCUT2D eigenvalue weighted by molar-refractivity contribution is 0.187. The van der Waals surface area contributed by atoms with Crippen molar-refractivity contribution in [1.82, 2.24) is 0 Å². The van der Waals surface area contributed by atoms with Crippen LogP contribution in [0.4, 0.5) is 4.39 Å². The van der Waals surface area contributed by atoms with Crippen molar-refractivity contribution < 1.29 is 9.50 Å². The SMILES string of the molecule is [N-]=[N+]=NCC(O)c1ccc(F)cc1Cl. The summed E-state index contributed by atoms with van der Waals surface area (Å²) in [5, 5.41) is 12.8. The van der Waals surface area contributed by atoms with E-state index >= 15 is 0 Å². The standard InChI is InChI=1S/C8H7ClFN3O/c9-7-3-5(10)1-2-6(7)8(14)4-12-13-11/h1-3,8,14H,4H2. The van der Waals surface area contributed by atoms with E-state index in [9.17, 15) is 9.50 Å². The first-order chi connectivity index (χ1) is 6.65. The van der Waals surface area contributed by atoms with Gasteiger partial charge >= 0.3 is 0 Å². The fourth-order valence-corrected chi connectivity index (χ4v) is 1.28. The van der Waals surface area contributed by atoms with Gasteiger partial charge in [0, 0.05) is 9.93 Å². The third-order valence-corrected chi connectivity index (χ3v) is 1.97. The van der Waals surface area contributed by atoms with Crippen LogP contribution in [0, 0.1) is 5.82 Å². The van der Waals surface area contributed by atoms with Crippen molar-refractivity contribution >= 4 is 11.6 Å². The highest BCUT2D eigenvalue weighted by molar-refractivity contribution is 6.31. The van der Waals surface area contributed by atoms with Gasteiger partial charge in [0.05, 0.1) is 12.6 Å². The lowest BCUT2D eigenvalue weighted by atomic mass is 10.1. The van der Waals surface area contributed by atoms with Crippen LogP contribution in [0.25, 0.3) is 10.4 Å². The van der Waals surface area contributed by atoms with Crippen LogP contribution in [0.1, 0.15) is 11.7 Å². The predicted octanol–water partition coefficient (Wildman–Crippen LogP) is 2.82. The maximum Gasteiger partial charge on any atom is 0.124 e. The molecular weight excluding hydrogens is 209 g/mol. The van der Waals surface area contributed by atoms with Crippen LogP contribution in [0.15, 0.2) is 23.3 Å². The smallest absolute Gasteiger partial charge is 0.124 e. The molecule has 0 amide bonds. The maximum atomic E-state index is 12.6. The topological polar surface area (TPSA) is 69.0 Å². The lowest BCUT2D eigenvalue weighted by Gasteiger charge is -2.09. The van der Waals surface area contributed by atoms with Crippen LogP contribution in [0.3, 0.4) is 0 Å². The van der Waals surface area contributed by atoms with E-state index in [1.165, 1.54) is 12.1 Å². The minimum absolute atomic E-state index is 0.116. The van der Waals surface area contributed by atoms with E-state index in [1.807, 2.05) is 0 Å². The van der Waals surface area contributed by atoms with Crippen LogP contribution in [-0.2, 0) is 0 Å². The van der Waals surface area contributed by atoms with Gasteiger partial charge in [-0.25, -0.2) is 4.39 Å². The maximum absolute atomic E-state index is 12.6. The first-order valence-corrected chi connectivity index (χ1v) is 4.17. The second-order valence-corrected chi connectivity index (χ2v) is 3.00. The highest BCUT2D eigenvalue weighted by Crippen LogP contribution is 2.23. The van der Waals surface area contributed by atoms with E-state index in [-0.39, 0.29) is 11.6 Å². The van der Waals surface area contributed by atoms with Gasteiger partial charge in [0.15, 0.2) is 0 Å². The molecule has 1 aromatic rings. The van der Waals surface area contributed by atoms with Gasteiger partial charge in [0.1, 0.15) is 5.82 Å². The molecule has 1 aromatic carbocycles. The normalized spacial score (nSPS) is 11.9. The Morgan fingerprint density at radius 3 is 2.93 bits per heavy atom. The monoisotopic (exact) mass is 215 g/mol. The number of hydrogen-bond donors (Lipinski definition) is 1. The molecule has 0 saturated heterocycles. The zero-order valence-corrected chi connectivity index (χ0v) is 7.82. The minimum Gasteiger partial charge on any atom is -0.388 e. The molecular formula is C8H7ClFN3O. The zero-order chi connectivity index (χ0) is 10.6. The van der Waals surface area contributed by atoms with Crippen LogP contribution in [-0.4, -0.2) is 11.7 Å². The predicted molar refractivity (Wildman–Crippen MR) is 50.4 cm³/mol. The van der Waals surface area contributed by atoms with Gasteiger partial charge in [0.25, 0.3) is 0 Å². The molecule has 0 saturated carbocycles. The Balaban J connectivity index is 2.89. The van der Waals surface area contributed by atoms with Gasteiger partial charge in [0.2, 0.25) is 0 Å². The average Bonchev–Trinajstić information content (AvgIpc) is 2.14. The molecule has 0 aliphatic carbocycles. The highest BCUT2D eigenvalue weighted by atomic mass is 35.5. The van der Waals surface area contributed by atoms with E-state index < -0.39 is 11.9 Å². The molecule has 0 aliphatic heterocycles. The molecule has 1 unspecified atom stereocenters. The van der Waals surface area contributed by atoms with Crippen molar-refractivity contribution in [2.45, 2.75) is 6.10 Å². The lowest BCUT2D eigenvalue weighted by Crippen LogP contribution is -2.01. The van der Waals surface area contributed by atoms with Crippen molar-refractivity contribution in [2.24, 2.45) is 5.11 Å². The van der Waals surface area contributed by atoms with Crippen LogP contribution in [0.5, 0.6) is 0 Å². The summed E-state index contributed by atoms with van der Waals surface area (Å²) in [4.78, 5) is 2.50. The number of rotatable bonds is 3. The molecule has 1 N–H and O–H groups in total. The Morgan fingerprint density at radius 2 is 2.36 bits per heavy atom. The summed E-state index contributed by atoms with van der Waals surface area (Å²) >= 11 is 5.67. The summed E-state index contributed by atoms with van der Waals surface area (Å²) < 4.78 is 12.6. The largest absolute Gasteiger partial charge is 0.388 e. The number of nitrogens with zero attached hydrogens (tertiary/aromatic N) is 3. The molecule has 4 nitrogen and oxygen atoms in total. The summed E-state index contributed by atoms with van der Waals surface area (Å²) in [6, 6.07) is 3.63. The fourth-order valence-electron chi connectivity index (χ4n) is 0.984. The summed E-state index contributed by atoms with van der Waals surface area (Å²) in [6.45, 7) is -0.123. The van der Waals surface area contributed by atoms with Crippen molar-refractivity contribution in [1.29, 1.82) is 0 Å². The fraction of sp³-hybridized carbons (Fsp3) is 0.250. The van der Waals surface area contributed by atoms with Gasteiger partial charge in [-0.1, -0.05) is 22.8 Å². The molecule has 0 fully saturated rings. The molecule has 0 aromatic heterocycles. The number of halogens is 2. The van der Waals surface area contributed by atoms with Gasteiger partial charge in [-0.15, -0.1) is 0 Å². The molecule has 6 heteroatoms. The second-order valence-electron chi connectivity index (χ2n) is 2.60. The summed E-state index contributed by atoms with van der Waals surface area (Å²) in [7, 11) is 0. The average molecular weight is 216 g/mol. The van der Waals surface area contributed by atoms with Gasteiger partial charge in [-0.2, -0.15) is 0 Å². The minimum atomic E-state index is -1.00. The van der Waals surface area contributed by atoms with Crippen LogP contribution >= 0.6 is 11.6 Å². The first-order valence-electron chi connectivity index (χ1n) is 3.79. The Bertz CT molecular complexity index is 379. The second kappa shape index (κ2) is 4.81. The Labute approximate surface area is 84.6 Å². The molecule has 0 bridgehead atoms. The number of aliphatic hydroxyl groups excluding tert-OH is 1. The molecule has 0 spiro atoms. The number of benzene rings is 1. The van der Waals surface area contributed by atoms with E-state index in [4.69, 9.17) is 17.1 Å². The third-order valence-electron chi connectivity index (χ3n) is 1.64. The quantitative estimate of drug-likeness (QED) is 0.470. The van der Waals surface area contributed by atoms with E-state index in [1.54, 1.807) is 0 Å².